The number of allylic oxidation sites excluding steroid dienone is 2. The molecular weight excluding hydrogens is 1960 g/mol. The van der Waals surface area contributed by atoms with Crippen LogP contribution in [0.5, 0.6) is 0 Å². The van der Waals surface area contributed by atoms with Crippen LogP contribution in [0.2, 0.25) is 0 Å². The van der Waals surface area contributed by atoms with Crippen molar-refractivity contribution in [3.8, 4) is 0 Å². The van der Waals surface area contributed by atoms with E-state index < -0.39 is 150 Å². The van der Waals surface area contributed by atoms with E-state index in [9.17, 15) is 115 Å². The summed E-state index contributed by atoms with van der Waals surface area (Å²) in [6.45, 7) is 17.6. The van der Waals surface area contributed by atoms with Crippen LogP contribution in [0.15, 0.2) is 146 Å². The molecule has 4 aromatic carbocycles. The van der Waals surface area contributed by atoms with Gasteiger partial charge in [-0.3, -0.25) is 105 Å². The zero-order valence-corrected chi connectivity index (χ0v) is 83.8. The number of carboxylic acids is 1. The maximum Gasteiger partial charge on any atom is 0.407 e. The van der Waals surface area contributed by atoms with Crippen LogP contribution in [-0.2, 0) is 110 Å². The number of carboxylic acid groups (broad SMARTS) is 1. The molecule has 0 aromatic heterocycles. The minimum absolute atomic E-state index is 0.0303. The Hall–Kier alpha value is -14.0. The first kappa shape index (κ1) is 130. The molecule has 0 heterocycles. The number of hydrogen-bond acceptors (Lipinski definition) is 35. The smallest absolute Gasteiger partial charge is 0.407 e. The molecule has 0 aliphatic heterocycles. The minimum Gasteiger partial charge on any atom is -0.480 e. The van der Waals surface area contributed by atoms with E-state index in [1.807, 2.05) is 0 Å². The molecule has 0 atom stereocenters. The van der Waals surface area contributed by atoms with Crippen molar-refractivity contribution >= 4 is 197 Å². The van der Waals surface area contributed by atoms with Crippen molar-refractivity contribution in [3.05, 3.63) is 168 Å². The van der Waals surface area contributed by atoms with E-state index in [2.05, 4.69) is 87.6 Å². The Balaban J connectivity index is 0. The summed E-state index contributed by atoms with van der Waals surface area (Å²) in [5.74, 6) is -10.6. The number of nitrogens with two attached hydrogens (primary N) is 1. The molecule has 0 bridgehead atoms. The summed E-state index contributed by atoms with van der Waals surface area (Å²) < 4.78 is 24.7. The van der Waals surface area contributed by atoms with Gasteiger partial charge < -0.3 is 114 Å². The van der Waals surface area contributed by atoms with Crippen LogP contribution in [0.1, 0.15) is 135 Å². The second-order valence-corrected chi connectivity index (χ2v) is 34.4. The third-order valence-corrected chi connectivity index (χ3v) is 19.4. The number of carbonyl (C=O) groups is 24. The number of aliphatic hydroxyl groups excluding tert-OH is 1. The number of amides is 14. The average Bonchev–Trinajstić information content (AvgIpc) is 0.927. The van der Waals surface area contributed by atoms with Gasteiger partial charge in [0.15, 0.2) is 5.78 Å². The van der Waals surface area contributed by atoms with Gasteiger partial charge in [-0.05, 0) is 111 Å². The number of ketones is 1. The standard InChI is InChI=1S/C23H32N4O8S.C23H29N3O7S.C18H24N4O6S.C15H17N3O6S.C8H17NO3.C4H5ClO/c1-23(2,3)35-22(33)24-10-7-11-34-20(31)14-27-18(29)12-25-17(28)13-26-19(30)15-36-21(32)16-8-5-4-6-9-16;1-16(2)18(27)10-6-7-11-33-22(31)14-26-20(29)12-24-19(28)13-25-21(30)15-34-23(32)17-8-4-3-5-9-17;19-7-4-8-28-17(26)11-22-15(24)9-20-14(23)10-21-16(25)12-29-18(27)13-5-2-1-3-6-13;19-11(16-6-12(20)18-8-14(22)23)7-17-13(21)9-25-15(24)10-4-2-1-3-5-10;1-8(2,3)12-7(11)9-5-4-6-10;1-3(2)4(5)6/h4-6,8-9H,7,10-15H2,1-3H3,(H,24,33)(H,25,28)(H,26,30)(H,27,29);3-5,8-9H,1,6-7,10-15H2,2H3,(H,24,28)(H,25,30)(H,26,29);1-3,5-6H,4,7-12,19H2,(H,20,23)(H,21,25)(H,22,24);1-5H,6-9H2,(H,16,19)(H,17,21)(H,18,20)(H,22,23);10H,4-6H2,1-3H3,(H,9,11);1H2,2H3. The van der Waals surface area contributed by atoms with Gasteiger partial charge in [0.2, 0.25) is 96.6 Å². The second kappa shape index (κ2) is 78.8. The SMILES string of the molecule is C=C(C)C(=O)CCCCOC(=O)CNC(=O)CNC(=O)CNC(=O)CSC(=O)c1ccccc1.C=C(C)C(=O)Cl.CC(C)(C)OC(=O)NCCCO.CC(C)(C)OC(=O)NCCCOC(=O)CNC(=O)CNC(=O)CNC(=O)CSC(=O)c1ccccc1.NCCCOC(=O)CNC(=O)CNC(=O)CNC(=O)CSC(=O)c1ccccc1.O=C(O)CNC(=O)CNC(=O)CNC(=O)CSC(=O)c1ccccc1. The predicted octanol–water partition coefficient (Wildman–Crippen LogP) is 1.15. The lowest BCUT2D eigenvalue weighted by Gasteiger charge is -2.19. The molecule has 0 aliphatic rings. The average molecular weight is 2090 g/mol. The van der Waals surface area contributed by atoms with E-state index in [0.29, 0.717) is 85.0 Å². The molecule has 142 heavy (non-hydrogen) atoms. The Labute approximate surface area is 842 Å². The molecule has 0 aliphatic carbocycles. The number of esters is 3. The predicted molar refractivity (Wildman–Crippen MR) is 527 cm³/mol. The van der Waals surface area contributed by atoms with Gasteiger partial charge in [0, 0.05) is 53.9 Å². The van der Waals surface area contributed by atoms with Crippen molar-refractivity contribution in [1.82, 2.24) is 74.4 Å². The Kier molecular flexibility index (Phi) is 72.2. The maximum atomic E-state index is 11.9. The molecule has 4 aromatic rings. The molecule has 0 unspecified atom stereocenters. The molecule has 14 amide bonds. The lowest BCUT2D eigenvalue weighted by atomic mass is 10.1. The summed E-state index contributed by atoms with van der Waals surface area (Å²) >= 11 is 8.15. The first-order valence-corrected chi connectivity index (χ1v) is 47.4. The van der Waals surface area contributed by atoms with Gasteiger partial charge in [-0.25, -0.2) is 9.59 Å². The topological polar surface area (TPSA) is 691 Å². The van der Waals surface area contributed by atoms with Crippen molar-refractivity contribution in [2.45, 2.75) is 105 Å². The van der Waals surface area contributed by atoms with Crippen molar-refractivity contribution < 1.29 is 149 Å². The minimum atomic E-state index is -1.20. The molecule has 0 spiro atoms. The van der Waals surface area contributed by atoms with Crippen LogP contribution in [-0.4, -0.2) is 307 Å². The highest BCUT2D eigenvalue weighted by atomic mass is 35.5. The van der Waals surface area contributed by atoms with E-state index in [4.69, 9.17) is 51.2 Å². The summed E-state index contributed by atoms with van der Waals surface area (Å²) in [4.78, 5) is 276. The lowest BCUT2D eigenvalue weighted by molar-refractivity contribution is -0.144. The van der Waals surface area contributed by atoms with Crippen LogP contribution in [0.3, 0.4) is 0 Å². The van der Waals surface area contributed by atoms with E-state index in [0.717, 1.165) is 47.0 Å². The Morgan fingerprint density at radius 1 is 0.324 bits per heavy atom. The summed E-state index contributed by atoms with van der Waals surface area (Å²) in [7, 11) is 0. The third kappa shape index (κ3) is 78.9. The largest absolute Gasteiger partial charge is 0.480 e. The highest BCUT2D eigenvalue weighted by Crippen LogP contribution is 2.16. The Morgan fingerprint density at radius 2 is 0.556 bits per heavy atom. The number of aliphatic hydroxyl groups is 1. The molecule has 51 heteroatoms. The van der Waals surface area contributed by atoms with Crippen LogP contribution in [0, 0.1) is 0 Å². The molecule has 46 nitrogen and oxygen atoms in total. The maximum absolute atomic E-state index is 11.9. The molecule has 18 N–H and O–H groups in total. The third-order valence-electron chi connectivity index (χ3n) is 15.4. The van der Waals surface area contributed by atoms with Crippen molar-refractivity contribution in [1.29, 1.82) is 0 Å². The number of rotatable bonds is 53. The number of nitrogens with one attached hydrogen (secondary N) is 14. The van der Waals surface area contributed by atoms with Crippen molar-refractivity contribution in [3.63, 3.8) is 0 Å². The number of benzene rings is 4. The summed E-state index contributed by atoms with van der Waals surface area (Å²) in [6, 6.07) is 33.9. The molecule has 0 fully saturated rings. The molecule has 0 saturated carbocycles. The van der Waals surface area contributed by atoms with E-state index >= 15 is 0 Å². The van der Waals surface area contributed by atoms with Crippen LogP contribution < -0.4 is 80.2 Å². The highest BCUT2D eigenvalue weighted by molar-refractivity contribution is 8.15. The monoisotopic (exact) mass is 2090 g/mol. The first-order chi connectivity index (χ1) is 67.0. The molecule has 780 valence electrons. The van der Waals surface area contributed by atoms with E-state index in [-0.39, 0.29) is 135 Å². The number of carbonyl (C=O) groups excluding carboxylic acids is 23. The number of alkyl carbamates (subject to hydrolysis) is 2. The summed E-state index contributed by atoms with van der Waals surface area (Å²) in [5, 5.41) is 47.8. The van der Waals surface area contributed by atoms with Crippen molar-refractivity contribution in [2.24, 2.45) is 5.73 Å². The molecular formula is C91H124ClN15O31S4. The van der Waals surface area contributed by atoms with Crippen molar-refractivity contribution in [2.75, 3.05) is 148 Å². The quantitative estimate of drug-likeness (QED) is 0.00969. The number of Topliss-reactive ketones (excluding diaryl/α,β-unsaturated/α-hetero) is 1. The Bertz CT molecular complexity index is 4790. The normalized spacial score (nSPS) is 10.1. The Morgan fingerprint density at radius 3 is 0.789 bits per heavy atom. The fraction of sp³-hybridized carbons (Fsp3) is 0.429. The van der Waals surface area contributed by atoms with E-state index in [1.165, 1.54) is 0 Å². The summed E-state index contributed by atoms with van der Waals surface area (Å²) in [5.41, 5.74) is 6.98. The highest BCUT2D eigenvalue weighted by Gasteiger charge is 2.22. The zero-order valence-electron chi connectivity index (χ0n) is 79.8. The van der Waals surface area contributed by atoms with Gasteiger partial charge in [-0.1, -0.05) is 182 Å². The second-order valence-electron chi connectivity index (χ2n) is 30.3. The first-order valence-electron chi connectivity index (χ1n) is 43.1. The number of aliphatic carboxylic acids is 1. The number of ether oxygens (including phenoxy) is 5. The summed E-state index contributed by atoms with van der Waals surface area (Å²) in [6.07, 6.45) is 1.86. The van der Waals surface area contributed by atoms with Crippen LogP contribution in [0.4, 0.5) is 9.59 Å². The molecule has 4 rings (SSSR count). The molecule has 0 radical (unpaired) electrons. The van der Waals surface area contributed by atoms with Gasteiger partial charge in [0.1, 0.15) is 37.4 Å². The zero-order chi connectivity index (χ0) is 107. The van der Waals surface area contributed by atoms with Crippen LogP contribution in [0.25, 0.3) is 0 Å². The van der Waals surface area contributed by atoms with Gasteiger partial charge in [-0.15, -0.1) is 0 Å². The van der Waals surface area contributed by atoms with Gasteiger partial charge in [-0.2, -0.15) is 0 Å². The molecule has 0 saturated heterocycles. The number of hydrogen-bond donors (Lipinski definition) is 17. The van der Waals surface area contributed by atoms with Gasteiger partial charge in [0.25, 0.3) is 0 Å². The lowest BCUT2D eigenvalue weighted by Crippen LogP contribution is -2.43. The van der Waals surface area contributed by atoms with Gasteiger partial charge in [0.05, 0.1) is 95.2 Å². The van der Waals surface area contributed by atoms with E-state index in [1.54, 1.807) is 177 Å². The van der Waals surface area contributed by atoms with Gasteiger partial charge >= 0.3 is 36.1 Å². The fourth-order valence-corrected chi connectivity index (χ4v) is 11.2. The number of thioether (sulfide) groups is 4. The van der Waals surface area contributed by atoms with Crippen LogP contribution >= 0.6 is 58.6 Å². The number of halogens is 1. The number of unbranched alkanes of at least 4 members (excludes halogenated alkanes) is 1. The fourth-order valence-electron chi connectivity index (χ4n) is 8.53.